The quantitative estimate of drug-likeness (QED) is 0.633. The number of rotatable bonds is 5. The van der Waals surface area contributed by atoms with Gasteiger partial charge in [0, 0.05) is 6.54 Å². The predicted octanol–water partition coefficient (Wildman–Crippen LogP) is 1.15. The van der Waals surface area contributed by atoms with E-state index in [0.29, 0.717) is 18.6 Å². The molecule has 0 aromatic heterocycles. The topological polar surface area (TPSA) is 72.2 Å². The van der Waals surface area contributed by atoms with Crippen molar-refractivity contribution in [3.63, 3.8) is 0 Å². The summed E-state index contributed by atoms with van der Waals surface area (Å²) in [5.74, 6) is -4.81. The van der Waals surface area contributed by atoms with Gasteiger partial charge in [0.1, 0.15) is 0 Å². The molecular formula is C9H12ClF3N2O2S. The molecule has 18 heavy (non-hydrogen) atoms. The lowest BCUT2D eigenvalue weighted by atomic mass is 10.3. The average molecular weight is 305 g/mol. The molecular weight excluding hydrogens is 293 g/mol. The maximum absolute atomic E-state index is 12.8. The third-order valence-corrected chi connectivity index (χ3v) is 3.38. The van der Waals surface area contributed by atoms with Gasteiger partial charge >= 0.3 is 0 Å². The Bertz CT molecular complexity index is 488. The summed E-state index contributed by atoms with van der Waals surface area (Å²) in [5, 5.41) is 0. The molecule has 0 unspecified atom stereocenters. The Morgan fingerprint density at radius 1 is 1.17 bits per heavy atom. The number of nitrogens with two attached hydrogens (primary N) is 1. The van der Waals surface area contributed by atoms with Gasteiger partial charge in [-0.15, -0.1) is 12.4 Å². The molecule has 0 atom stereocenters. The molecule has 104 valence electrons. The van der Waals surface area contributed by atoms with Crippen molar-refractivity contribution in [1.29, 1.82) is 0 Å². The molecule has 0 aliphatic heterocycles. The molecule has 0 heterocycles. The molecule has 1 aromatic carbocycles. The second kappa shape index (κ2) is 6.93. The third-order valence-electron chi connectivity index (χ3n) is 1.94. The highest BCUT2D eigenvalue weighted by Crippen LogP contribution is 2.17. The standard InChI is InChI=1S/C9H11F3N2O2S.ClH/c10-7-4-6(5-8(11)9(7)12)17(15,16)14-3-1-2-13;/h4-5,14H,1-3,13H2;1H. The fraction of sp³-hybridized carbons (Fsp3) is 0.333. The highest BCUT2D eigenvalue weighted by atomic mass is 35.5. The summed E-state index contributed by atoms with van der Waals surface area (Å²) in [6, 6.07) is 0.840. The molecule has 0 spiro atoms. The summed E-state index contributed by atoms with van der Waals surface area (Å²) in [7, 11) is -4.05. The van der Waals surface area contributed by atoms with Crippen molar-refractivity contribution in [1.82, 2.24) is 4.72 Å². The largest absolute Gasteiger partial charge is 0.330 e. The molecule has 0 radical (unpaired) electrons. The Morgan fingerprint density at radius 2 is 1.67 bits per heavy atom. The fourth-order valence-corrected chi connectivity index (χ4v) is 2.18. The number of benzene rings is 1. The highest BCUT2D eigenvalue weighted by molar-refractivity contribution is 7.89. The zero-order valence-electron chi connectivity index (χ0n) is 9.12. The van der Waals surface area contributed by atoms with Crippen molar-refractivity contribution in [2.24, 2.45) is 5.73 Å². The van der Waals surface area contributed by atoms with Crippen LogP contribution in [0.2, 0.25) is 0 Å². The summed E-state index contributed by atoms with van der Waals surface area (Å²) in [4.78, 5) is -0.661. The first-order chi connectivity index (χ1) is 7.88. The Hall–Kier alpha value is -0.830. The van der Waals surface area contributed by atoms with Crippen LogP contribution in [-0.4, -0.2) is 21.5 Å². The zero-order chi connectivity index (χ0) is 13.1. The van der Waals surface area contributed by atoms with Crippen LogP contribution >= 0.6 is 12.4 Å². The summed E-state index contributed by atoms with van der Waals surface area (Å²) in [6.45, 7) is 0.314. The maximum Gasteiger partial charge on any atom is 0.240 e. The van der Waals surface area contributed by atoms with E-state index in [0.717, 1.165) is 0 Å². The minimum Gasteiger partial charge on any atom is -0.330 e. The molecule has 0 amide bonds. The van der Waals surface area contributed by atoms with E-state index >= 15 is 0 Å². The van der Waals surface area contributed by atoms with Gasteiger partial charge in [0.15, 0.2) is 17.5 Å². The lowest BCUT2D eigenvalue weighted by Gasteiger charge is -2.06. The molecule has 3 N–H and O–H groups in total. The minimum absolute atomic E-state index is 0. The molecule has 1 rings (SSSR count). The van der Waals surface area contributed by atoms with Crippen molar-refractivity contribution in [3.8, 4) is 0 Å². The lowest BCUT2D eigenvalue weighted by molar-refractivity contribution is 0.442. The number of halogens is 4. The fourth-order valence-electron chi connectivity index (χ4n) is 1.08. The summed E-state index contributed by atoms with van der Waals surface area (Å²) in [6.07, 6.45) is 0.380. The number of hydrogen-bond acceptors (Lipinski definition) is 3. The van der Waals surface area contributed by atoms with Crippen LogP contribution in [0.25, 0.3) is 0 Å². The summed E-state index contributed by atoms with van der Waals surface area (Å²) in [5.41, 5.74) is 5.16. The van der Waals surface area contributed by atoms with Crippen LogP contribution in [0.15, 0.2) is 17.0 Å². The van der Waals surface area contributed by atoms with Crippen LogP contribution in [-0.2, 0) is 10.0 Å². The van der Waals surface area contributed by atoms with Crippen LogP contribution < -0.4 is 10.5 Å². The number of hydrogen-bond donors (Lipinski definition) is 2. The van der Waals surface area contributed by atoms with Crippen molar-refractivity contribution in [2.45, 2.75) is 11.3 Å². The first-order valence-electron chi connectivity index (χ1n) is 4.73. The van der Waals surface area contributed by atoms with E-state index in [-0.39, 0.29) is 25.5 Å². The van der Waals surface area contributed by atoms with Crippen molar-refractivity contribution >= 4 is 22.4 Å². The Kier molecular flexibility index (Phi) is 6.61. The number of nitrogens with one attached hydrogen (secondary N) is 1. The van der Waals surface area contributed by atoms with Gasteiger partial charge in [0.05, 0.1) is 4.90 Å². The van der Waals surface area contributed by atoms with Gasteiger partial charge in [-0.1, -0.05) is 0 Å². The second-order valence-corrected chi connectivity index (χ2v) is 5.01. The van der Waals surface area contributed by atoms with Crippen LogP contribution in [0.1, 0.15) is 6.42 Å². The molecule has 0 aliphatic carbocycles. The maximum atomic E-state index is 12.8. The van der Waals surface area contributed by atoms with E-state index in [9.17, 15) is 21.6 Å². The predicted molar refractivity (Wildman–Crippen MR) is 62.4 cm³/mol. The molecule has 0 aliphatic rings. The monoisotopic (exact) mass is 304 g/mol. The smallest absolute Gasteiger partial charge is 0.240 e. The van der Waals surface area contributed by atoms with Crippen LogP contribution in [0.3, 0.4) is 0 Å². The first-order valence-corrected chi connectivity index (χ1v) is 6.21. The minimum atomic E-state index is -4.05. The van der Waals surface area contributed by atoms with Gasteiger partial charge in [0.25, 0.3) is 0 Å². The lowest BCUT2D eigenvalue weighted by Crippen LogP contribution is -2.26. The van der Waals surface area contributed by atoms with E-state index in [1.54, 1.807) is 0 Å². The van der Waals surface area contributed by atoms with E-state index < -0.39 is 32.4 Å². The third kappa shape index (κ3) is 4.13. The van der Waals surface area contributed by atoms with Gasteiger partial charge in [-0.2, -0.15) is 0 Å². The van der Waals surface area contributed by atoms with E-state index in [2.05, 4.69) is 4.72 Å². The van der Waals surface area contributed by atoms with Gasteiger partial charge in [-0.25, -0.2) is 26.3 Å². The normalized spacial score (nSPS) is 11.1. The molecule has 0 saturated heterocycles. The van der Waals surface area contributed by atoms with Crippen LogP contribution in [0, 0.1) is 17.5 Å². The van der Waals surface area contributed by atoms with Crippen LogP contribution in [0.4, 0.5) is 13.2 Å². The van der Waals surface area contributed by atoms with Crippen molar-refractivity contribution in [2.75, 3.05) is 13.1 Å². The van der Waals surface area contributed by atoms with Crippen molar-refractivity contribution in [3.05, 3.63) is 29.6 Å². The molecule has 1 aromatic rings. The van der Waals surface area contributed by atoms with Gasteiger partial charge in [-0.3, -0.25) is 0 Å². The Balaban J connectivity index is 0.00000289. The van der Waals surface area contributed by atoms with Gasteiger partial charge in [0.2, 0.25) is 10.0 Å². The zero-order valence-corrected chi connectivity index (χ0v) is 10.8. The highest BCUT2D eigenvalue weighted by Gasteiger charge is 2.19. The van der Waals surface area contributed by atoms with E-state index in [4.69, 9.17) is 5.73 Å². The molecule has 4 nitrogen and oxygen atoms in total. The van der Waals surface area contributed by atoms with E-state index in [1.165, 1.54) is 0 Å². The average Bonchev–Trinajstić information content (AvgIpc) is 2.25. The van der Waals surface area contributed by atoms with Gasteiger partial charge < -0.3 is 5.73 Å². The number of sulfonamides is 1. The van der Waals surface area contributed by atoms with Crippen molar-refractivity contribution < 1.29 is 21.6 Å². The molecule has 0 bridgehead atoms. The Labute approximate surface area is 109 Å². The van der Waals surface area contributed by atoms with Crippen LogP contribution in [0.5, 0.6) is 0 Å². The van der Waals surface area contributed by atoms with Gasteiger partial charge in [-0.05, 0) is 25.1 Å². The SMILES string of the molecule is Cl.NCCCNS(=O)(=O)c1cc(F)c(F)c(F)c1. The second-order valence-electron chi connectivity index (χ2n) is 3.24. The summed E-state index contributed by atoms with van der Waals surface area (Å²) < 4.78 is 63.4. The molecule has 9 heteroatoms. The summed E-state index contributed by atoms with van der Waals surface area (Å²) >= 11 is 0. The molecule has 0 fully saturated rings. The first kappa shape index (κ1) is 17.2. The van der Waals surface area contributed by atoms with E-state index in [1.807, 2.05) is 0 Å². The molecule has 0 saturated carbocycles. The Morgan fingerprint density at radius 3 is 2.11 bits per heavy atom.